The predicted octanol–water partition coefficient (Wildman–Crippen LogP) is 2.77. The van der Waals surface area contributed by atoms with Gasteiger partial charge in [-0.1, -0.05) is 24.3 Å². The number of nitrogens with one attached hydrogen (secondary N) is 1. The van der Waals surface area contributed by atoms with Crippen molar-refractivity contribution in [2.75, 3.05) is 20.2 Å². The number of hydrogen-bond acceptors (Lipinski definition) is 4. The zero-order valence-electron chi connectivity index (χ0n) is 15.9. The van der Waals surface area contributed by atoms with Crippen molar-refractivity contribution >= 4 is 26.7 Å². The van der Waals surface area contributed by atoms with Crippen LogP contribution in [0.5, 0.6) is 5.75 Å². The minimum Gasteiger partial charge on any atom is -0.493 e. The molecule has 0 aliphatic heterocycles. The van der Waals surface area contributed by atoms with E-state index in [-0.39, 0.29) is 17.3 Å². The number of benzene rings is 2. The highest BCUT2D eigenvalue weighted by atomic mass is 32.2. The Bertz CT molecular complexity index is 901. The number of nitrogens with zero attached hydrogens (tertiary/aromatic N) is 1. The van der Waals surface area contributed by atoms with Gasteiger partial charge in [-0.05, 0) is 39.8 Å². The summed E-state index contributed by atoms with van der Waals surface area (Å²) in [5, 5.41) is 4.07. The van der Waals surface area contributed by atoms with Gasteiger partial charge in [0.2, 0.25) is 15.9 Å². The van der Waals surface area contributed by atoms with E-state index in [1.807, 2.05) is 39.8 Å². The minimum absolute atomic E-state index is 0.155. The van der Waals surface area contributed by atoms with Crippen molar-refractivity contribution in [3.63, 3.8) is 0 Å². The van der Waals surface area contributed by atoms with E-state index in [4.69, 9.17) is 4.74 Å². The average Bonchev–Trinajstić information content (AvgIpc) is 2.53. The molecule has 0 heterocycles. The second-order valence-electron chi connectivity index (χ2n) is 7.10. The van der Waals surface area contributed by atoms with Gasteiger partial charge in [0.25, 0.3) is 0 Å². The minimum atomic E-state index is -3.83. The summed E-state index contributed by atoms with van der Waals surface area (Å²) in [7, 11) is -2.43. The first-order valence-electron chi connectivity index (χ1n) is 8.48. The molecule has 0 atom stereocenters. The fourth-order valence-electron chi connectivity index (χ4n) is 2.66. The molecule has 1 amide bonds. The highest BCUT2D eigenvalue weighted by Crippen LogP contribution is 2.32. The first-order chi connectivity index (χ1) is 12.1. The maximum atomic E-state index is 13.0. The summed E-state index contributed by atoms with van der Waals surface area (Å²) < 4.78 is 32.7. The number of carbonyl (C=O) groups is 1. The number of rotatable bonds is 6. The number of hydrogen-bond donors (Lipinski definition) is 1. The molecule has 0 unspecified atom stereocenters. The van der Waals surface area contributed by atoms with Gasteiger partial charge in [-0.3, -0.25) is 4.79 Å². The van der Waals surface area contributed by atoms with E-state index >= 15 is 0 Å². The molecule has 6 nitrogen and oxygen atoms in total. The van der Waals surface area contributed by atoms with Crippen LogP contribution >= 0.6 is 0 Å². The second-order valence-corrected chi connectivity index (χ2v) is 9.11. The van der Waals surface area contributed by atoms with Crippen molar-refractivity contribution in [3.05, 3.63) is 36.4 Å². The Morgan fingerprint density at radius 1 is 1.12 bits per heavy atom. The molecular weight excluding hydrogens is 352 g/mol. The molecular formula is C19H26N2O4S. The molecule has 0 aliphatic rings. The number of carbonyl (C=O) groups excluding carboxylic acids is 1. The number of sulfonamides is 1. The molecule has 0 aromatic heterocycles. The Hall–Kier alpha value is -2.12. The third-order valence-corrected chi connectivity index (χ3v) is 5.57. The largest absolute Gasteiger partial charge is 0.493 e. The Labute approximate surface area is 155 Å². The van der Waals surface area contributed by atoms with Crippen molar-refractivity contribution in [2.24, 2.45) is 0 Å². The van der Waals surface area contributed by atoms with Gasteiger partial charge in [-0.2, -0.15) is 4.31 Å². The van der Waals surface area contributed by atoms with Crippen LogP contribution in [-0.4, -0.2) is 44.4 Å². The van der Waals surface area contributed by atoms with Crippen LogP contribution in [0.3, 0.4) is 0 Å². The van der Waals surface area contributed by atoms with Gasteiger partial charge in [-0.25, -0.2) is 8.42 Å². The van der Waals surface area contributed by atoms with E-state index in [1.165, 1.54) is 13.1 Å². The molecule has 0 spiro atoms. The van der Waals surface area contributed by atoms with Gasteiger partial charge in [-0.15, -0.1) is 0 Å². The first kappa shape index (κ1) is 20.2. The van der Waals surface area contributed by atoms with E-state index in [2.05, 4.69) is 5.32 Å². The molecule has 0 bridgehead atoms. The van der Waals surface area contributed by atoms with Gasteiger partial charge in [0, 0.05) is 23.4 Å². The van der Waals surface area contributed by atoms with E-state index < -0.39 is 15.6 Å². The number of likely N-dealkylation sites (N-methyl/N-ethyl adjacent to an activating group) is 1. The van der Waals surface area contributed by atoms with Crippen molar-refractivity contribution in [1.29, 1.82) is 0 Å². The fraction of sp³-hybridized carbons (Fsp3) is 0.421. The lowest BCUT2D eigenvalue weighted by Gasteiger charge is -2.23. The Kier molecular flexibility index (Phi) is 5.93. The van der Waals surface area contributed by atoms with Crippen LogP contribution in [0, 0.1) is 0 Å². The number of amides is 1. The molecule has 2 aromatic rings. The van der Waals surface area contributed by atoms with Crippen molar-refractivity contribution in [2.45, 2.75) is 38.1 Å². The van der Waals surface area contributed by atoms with Gasteiger partial charge < -0.3 is 10.1 Å². The summed E-state index contributed by atoms with van der Waals surface area (Å²) >= 11 is 0. The highest BCUT2D eigenvalue weighted by Gasteiger charge is 2.26. The molecule has 2 aromatic carbocycles. The Balaban J connectivity index is 2.40. The van der Waals surface area contributed by atoms with Crippen LogP contribution in [0.4, 0.5) is 0 Å². The van der Waals surface area contributed by atoms with Crippen LogP contribution in [0.25, 0.3) is 10.8 Å². The first-order valence-corrected chi connectivity index (χ1v) is 9.92. The standard InChI is InChI=1S/C19H26N2O4S/c1-6-25-16-11-12-17(15-10-8-7-9-14(15)16)26(23,24)21(5)13-18(22)20-19(2,3)4/h7-12H,6,13H2,1-5H3,(H,20,22). The molecule has 0 aliphatic carbocycles. The summed E-state index contributed by atoms with van der Waals surface area (Å²) in [4.78, 5) is 12.3. The topological polar surface area (TPSA) is 75.7 Å². The number of fused-ring (bicyclic) bond motifs is 1. The molecule has 2 rings (SSSR count). The fourth-order valence-corrected chi connectivity index (χ4v) is 3.98. The zero-order valence-corrected chi connectivity index (χ0v) is 16.7. The second kappa shape index (κ2) is 7.63. The Morgan fingerprint density at radius 3 is 2.31 bits per heavy atom. The third-order valence-electron chi connectivity index (χ3n) is 3.71. The van der Waals surface area contributed by atoms with Gasteiger partial charge in [0.1, 0.15) is 5.75 Å². The van der Waals surface area contributed by atoms with Crippen LogP contribution in [0.1, 0.15) is 27.7 Å². The van der Waals surface area contributed by atoms with Crippen LogP contribution in [0.2, 0.25) is 0 Å². The lowest BCUT2D eigenvalue weighted by atomic mass is 10.1. The molecule has 0 saturated heterocycles. The molecule has 0 saturated carbocycles. The lowest BCUT2D eigenvalue weighted by Crippen LogP contribution is -2.46. The maximum absolute atomic E-state index is 13.0. The summed E-state index contributed by atoms with van der Waals surface area (Å²) in [5.74, 6) is 0.286. The molecule has 1 N–H and O–H groups in total. The molecule has 26 heavy (non-hydrogen) atoms. The lowest BCUT2D eigenvalue weighted by molar-refractivity contribution is -0.122. The van der Waals surface area contributed by atoms with Gasteiger partial charge >= 0.3 is 0 Å². The molecule has 142 valence electrons. The average molecular weight is 378 g/mol. The Morgan fingerprint density at radius 2 is 1.73 bits per heavy atom. The smallest absolute Gasteiger partial charge is 0.243 e. The van der Waals surface area contributed by atoms with Crippen LogP contribution < -0.4 is 10.1 Å². The quantitative estimate of drug-likeness (QED) is 0.839. The molecule has 0 radical (unpaired) electrons. The summed E-state index contributed by atoms with van der Waals surface area (Å²) in [6, 6.07) is 10.4. The van der Waals surface area contributed by atoms with E-state index in [0.717, 1.165) is 9.69 Å². The van der Waals surface area contributed by atoms with Crippen molar-refractivity contribution in [1.82, 2.24) is 9.62 Å². The zero-order chi connectivity index (χ0) is 19.5. The summed E-state index contributed by atoms with van der Waals surface area (Å²) in [6.45, 7) is 7.66. The van der Waals surface area contributed by atoms with Gasteiger partial charge in [0.15, 0.2) is 0 Å². The maximum Gasteiger partial charge on any atom is 0.243 e. The van der Waals surface area contributed by atoms with Gasteiger partial charge in [0.05, 0.1) is 18.0 Å². The number of ether oxygens (including phenoxy) is 1. The van der Waals surface area contributed by atoms with E-state index in [0.29, 0.717) is 17.7 Å². The normalized spacial score (nSPS) is 12.4. The van der Waals surface area contributed by atoms with Crippen LogP contribution in [0.15, 0.2) is 41.3 Å². The SMILES string of the molecule is CCOc1ccc(S(=O)(=O)N(C)CC(=O)NC(C)(C)C)c2ccccc12. The monoisotopic (exact) mass is 378 g/mol. The highest BCUT2D eigenvalue weighted by molar-refractivity contribution is 7.89. The van der Waals surface area contributed by atoms with Crippen LogP contribution in [-0.2, 0) is 14.8 Å². The van der Waals surface area contributed by atoms with Crippen molar-refractivity contribution in [3.8, 4) is 5.75 Å². The predicted molar refractivity (Wildman–Crippen MR) is 103 cm³/mol. The summed E-state index contributed by atoms with van der Waals surface area (Å²) in [6.07, 6.45) is 0. The van der Waals surface area contributed by atoms with E-state index in [1.54, 1.807) is 18.2 Å². The van der Waals surface area contributed by atoms with E-state index in [9.17, 15) is 13.2 Å². The van der Waals surface area contributed by atoms with Crippen molar-refractivity contribution < 1.29 is 17.9 Å². The molecule has 7 heteroatoms. The third kappa shape index (κ3) is 4.53. The summed E-state index contributed by atoms with van der Waals surface area (Å²) in [5.41, 5.74) is -0.423. The molecule has 0 fully saturated rings.